The zero-order chi connectivity index (χ0) is 13.0. The number of aromatic nitrogens is 1. The quantitative estimate of drug-likeness (QED) is 0.922. The Morgan fingerprint density at radius 2 is 2.28 bits per heavy atom. The molecule has 18 heavy (non-hydrogen) atoms. The molecule has 2 N–H and O–H groups in total. The Kier molecular flexibility index (Phi) is 4.38. The molecular formula is C13H15BrN2O2. The smallest absolute Gasteiger partial charge is 0.174 e. The molecule has 1 aromatic carbocycles. The molecule has 5 heteroatoms. The summed E-state index contributed by atoms with van der Waals surface area (Å²) in [6.45, 7) is 2.98. The molecule has 0 bridgehead atoms. The number of aryl methyl sites for hydroxylation is 1. The van der Waals surface area contributed by atoms with Crippen molar-refractivity contribution in [3.8, 4) is 5.75 Å². The van der Waals surface area contributed by atoms with Gasteiger partial charge in [-0.15, -0.1) is 0 Å². The largest absolute Gasteiger partial charge is 0.485 e. The maximum Gasteiger partial charge on any atom is 0.174 e. The third kappa shape index (κ3) is 3.11. The van der Waals surface area contributed by atoms with Crippen LogP contribution in [0.4, 0.5) is 0 Å². The van der Waals surface area contributed by atoms with Crippen LogP contribution in [0.25, 0.3) is 0 Å². The summed E-state index contributed by atoms with van der Waals surface area (Å²) < 4.78 is 11.9. The van der Waals surface area contributed by atoms with Crippen LogP contribution in [0.1, 0.15) is 16.9 Å². The third-order valence-corrected chi connectivity index (χ3v) is 3.04. The van der Waals surface area contributed by atoms with Gasteiger partial charge in [0.05, 0.1) is 6.20 Å². The Bertz CT molecular complexity index is 512. The molecule has 0 fully saturated rings. The number of halogens is 1. The van der Waals surface area contributed by atoms with Gasteiger partial charge < -0.3 is 15.0 Å². The minimum Gasteiger partial charge on any atom is -0.485 e. The number of rotatable bonds is 5. The SMILES string of the molecule is Cc1cc(Br)cc(CCN)c1OCc1ccno1. The van der Waals surface area contributed by atoms with Crippen LogP contribution in [0.5, 0.6) is 5.75 Å². The lowest BCUT2D eigenvalue weighted by Crippen LogP contribution is -2.06. The average molecular weight is 311 g/mol. The minimum atomic E-state index is 0.375. The van der Waals surface area contributed by atoms with Crippen LogP contribution in [-0.2, 0) is 13.0 Å². The second-order valence-electron chi connectivity index (χ2n) is 4.02. The van der Waals surface area contributed by atoms with Crippen molar-refractivity contribution >= 4 is 15.9 Å². The van der Waals surface area contributed by atoms with E-state index in [0.29, 0.717) is 18.9 Å². The first-order valence-corrected chi connectivity index (χ1v) is 6.51. The summed E-state index contributed by atoms with van der Waals surface area (Å²) in [7, 11) is 0. The second kappa shape index (κ2) is 6.02. The summed E-state index contributed by atoms with van der Waals surface area (Å²) in [6.07, 6.45) is 2.39. The number of nitrogens with zero attached hydrogens (tertiary/aromatic N) is 1. The van der Waals surface area contributed by atoms with E-state index in [2.05, 4.69) is 21.1 Å². The molecule has 0 atom stereocenters. The number of nitrogens with two attached hydrogens (primary N) is 1. The Labute approximate surface area is 114 Å². The molecule has 0 radical (unpaired) electrons. The molecule has 1 aromatic heterocycles. The van der Waals surface area contributed by atoms with Gasteiger partial charge in [0.1, 0.15) is 12.4 Å². The molecule has 0 aliphatic heterocycles. The van der Waals surface area contributed by atoms with Gasteiger partial charge in [0, 0.05) is 10.5 Å². The maximum absolute atomic E-state index is 5.81. The van der Waals surface area contributed by atoms with Crippen molar-refractivity contribution in [2.45, 2.75) is 20.0 Å². The molecule has 0 unspecified atom stereocenters. The lowest BCUT2D eigenvalue weighted by atomic mass is 10.1. The summed E-state index contributed by atoms with van der Waals surface area (Å²) in [5.74, 6) is 1.58. The van der Waals surface area contributed by atoms with Gasteiger partial charge in [-0.05, 0) is 43.1 Å². The van der Waals surface area contributed by atoms with Crippen LogP contribution < -0.4 is 10.5 Å². The molecule has 0 saturated carbocycles. The third-order valence-electron chi connectivity index (χ3n) is 2.58. The van der Waals surface area contributed by atoms with E-state index in [-0.39, 0.29) is 0 Å². The highest BCUT2D eigenvalue weighted by Gasteiger charge is 2.09. The second-order valence-corrected chi connectivity index (χ2v) is 4.93. The van der Waals surface area contributed by atoms with E-state index >= 15 is 0 Å². The van der Waals surface area contributed by atoms with Crippen LogP contribution in [0.3, 0.4) is 0 Å². The van der Waals surface area contributed by atoms with Crippen LogP contribution in [0, 0.1) is 6.92 Å². The van der Waals surface area contributed by atoms with Crippen LogP contribution in [0.2, 0.25) is 0 Å². The normalized spacial score (nSPS) is 10.6. The molecule has 0 spiro atoms. The maximum atomic E-state index is 5.81. The van der Waals surface area contributed by atoms with Gasteiger partial charge in [-0.2, -0.15) is 0 Å². The van der Waals surface area contributed by atoms with Crippen LogP contribution >= 0.6 is 15.9 Å². The van der Waals surface area contributed by atoms with Gasteiger partial charge in [-0.25, -0.2) is 0 Å². The zero-order valence-electron chi connectivity index (χ0n) is 10.1. The predicted octanol–water partition coefficient (Wildman–Crippen LogP) is 2.83. The number of hydrogen-bond acceptors (Lipinski definition) is 4. The van der Waals surface area contributed by atoms with Crippen molar-refractivity contribution in [3.05, 3.63) is 45.8 Å². The lowest BCUT2D eigenvalue weighted by Gasteiger charge is -2.13. The summed E-state index contributed by atoms with van der Waals surface area (Å²) in [4.78, 5) is 0. The molecule has 4 nitrogen and oxygen atoms in total. The van der Waals surface area contributed by atoms with Gasteiger partial charge in [0.25, 0.3) is 0 Å². The van der Waals surface area contributed by atoms with Gasteiger partial charge >= 0.3 is 0 Å². The topological polar surface area (TPSA) is 61.3 Å². The fraction of sp³-hybridized carbons (Fsp3) is 0.308. The standard InChI is InChI=1S/C13H15BrN2O2/c1-9-6-11(14)7-10(2-4-15)13(9)17-8-12-3-5-16-18-12/h3,5-7H,2,4,8,15H2,1H3. The van der Waals surface area contributed by atoms with E-state index in [0.717, 1.165) is 27.8 Å². The molecular weight excluding hydrogens is 296 g/mol. The fourth-order valence-corrected chi connectivity index (χ4v) is 2.43. The lowest BCUT2D eigenvalue weighted by molar-refractivity contribution is 0.246. The summed E-state index contributed by atoms with van der Waals surface area (Å²) in [6, 6.07) is 5.85. The molecule has 0 amide bonds. The van der Waals surface area contributed by atoms with Crippen molar-refractivity contribution < 1.29 is 9.26 Å². The van der Waals surface area contributed by atoms with Gasteiger partial charge in [-0.1, -0.05) is 21.1 Å². The molecule has 2 rings (SSSR count). The van der Waals surface area contributed by atoms with Gasteiger partial charge in [-0.3, -0.25) is 0 Å². The summed E-state index contributed by atoms with van der Waals surface area (Å²) in [5.41, 5.74) is 7.80. The number of hydrogen-bond donors (Lipinski definition) is 1. The minimum absolute atomic E-state index is 0.375. The number of ether oxygens (including phenoxy) is 1. The summed E-state index contributed by atoms with van der Waals surface area (Å²) >= 11 is 3.48. The molecule has 2 aromatic rings. The fourth-order valence-electron chi connectivity index (χ4n) is 1.81. The first-order chi connectivity index (χ1) is 8.70. The van der Waals surface area contributed by atoms with Gasteiger partial charge in [0.2, 0.25) is 0 Å². The zero-order valence-corrected chi connectivity index (χ0v) is 11.7. The van der Waals surface area contributed by atoms with Crippen molar-refractivity contribution in [1.82, 2.24) is 5.16 Å². The highest BCUT2D eigenvalue weighted by atomic mass is 79.9. The monoisotopic (exact) mass is 310 g/mol. The molecule has 0 aliphatic carbocycles. The highest BCUT2D eigenvalue weighted by Crippen LogP contribution is 2.29. The predicted molar refractivity (Wildman–Crippen MR) is 72.5 cm³/mol. The first kappa shape index (κ1) is 13.1. The van der Waals surface area contributed by atoms with Crippen molar-refractivity contribution in [3.63, 3.8) is 0 Å². The Morgan fingerprint density at radius 3 is 2.94 bits per heavy atom. The van der Waals surface area contributed by atoms with E-state index in [9.17, 15) is 0 Å². The first-order valence-electron chi connectivity index (χ1n) is 5.72. The average Bonchev–Trinajstić information content (AvgIpc) is 2.81. The van der Waals surface area contributed by atoms with E-state index < -0.39 is 0 Å². The highest BCUT2D eigenvalue weighted by molar-refractivity contribution is 9.10. The van der Waals surface area contributed by atoms with Gasteiger partial charge in [0.15, 0.2) is 5.76 Å². The van der Waals surface area contributed by atoms with Crippen LogP contribution in [0.15, 0.2) is 33.4 Å². The Balaban J connectivity index is 2.19. The summed E-state index contributed by atoms with van der Waals surface area (Å²) in [5, 5.41) is 3.65. The number of benzene rings is 1. The van der Waals surface area contributed by atoms with Crippen molar-refractivity contribution in [2.75, 3.05) is 6.54 Å². The molecule has 1 heterocycles. The van der Waals surface area contributed by atoms with E-state index in [4.69, 9.17) is 15.0 Å². The van der Waals surface area contributed by atoms with Crippen molar-refractivity contribution in [2.24, 2.45) is 5.73 Å². The van der Waals surface area contributed by atoms with Crippen LogP contribution in [-0.4, -0.2) is 11.7 Å². The molecule has 0 aliphatic rings. The van der Waals surface area contributed by atoms with E-state index in [1.54, 1.807) is 12.3 Å². The van der Waals surface area contributed by atoms with E-state index in [1.807, 2.05) is 19.1 Å². The Morgan fingerprint density at radius 1 is 1.44 bits per heavy atom. The molecule has 0 saturated heterocycles. The molecule has 96 valence electrons. The van der Waals surface area contributed by atoms with Crippen molar-refractivity contribution in [1.29, 1.82) is 0 Å². The Hall–Kier alpha value is -1.33. The van der Waals surface area contributed by atoms with E-state index in [1.165, 1.54) is 0 Å².